The first-order chi connectivity index (χ1) is 10.4. The largest absolute Gasteiger partial charge is 0.314 e. The second-order valence-corrected chi connectivity index (χ2v) is 6.39. The Kier molecular flexibility index (Phi) is 3.47. The van der Waals surface area contributed by atoms with Crippen LogP contribution in [0.25, 0.3) is 5.69 Å². The van der Waals surface area contributed by atoms with Gasteiger partial charge in [0.05, 0.1) is 17.6 Å². The van der Waals surface area contributed by atoms with Gasteiger partial charge in [-0.25, -0.2) is 4.68 Å². The molecule has 1 aromatic heterocycles. The Balaban J connectivity index is 1.56. The average molecular weight is 282 g/mol. The number of hydrogen-bond donors (Lipinski definition) is 1. The molecule has 1 N–H and O–H groups in total. The van der Waals surface area contributed by atoms with E-state index in [2.05, 4.69) is 39.9 Å². The number of para-hydroxylation sites is 1. The quantitative estimate of drug-likeness (QED) is 0.917. The van der Waals surface area contributed by atoms with Gasteiger partial charge in [-0.15, -0.1) is 5.10 Å². The number of nitrogens with zero attached hydrogens (tertiary/aromatic N) is 3. The fraction of sp³-hybridized carbons (Fsp3) is 0.529. The van der Waals surface area contributed by atoms with E-state index in [4.69, 9.17) is 0 Å². The number of benzene rings is 1. The summed E-state index contributed by atoms with van der Waals surface area (Å²) >= 11 is 0. The Morgan fingerprint density at radius 1 is 1.10 bits per heavy atom. The van der Waals surface area contributed by atoms with Crippen molar-refractivity contribution >= 4 is 0 Å². The minimum atomic E-state index is 0.589. The summed E-state index contributed by atoms with van der Waals surface area (Å²) in [5.41, 5.74) is 2.40. The molecule has 110 valence electrons. The molecule has 0 spiro atoms. The Labute approximate surface area is 125 Å². The molecule has 4 nitrogen and oxygen atoms in total. The van der Waals surface area contributed by atoms with E-state index >= 15 is 0 Å². The van der Waals surface area contributed by atoms with E-state index in [-0.39, 0.29) is 0 Å². The smallest absolute Gasteiger partial charge is 0.0732 e. The first-order valence-electron chi connectivity index (χ1n) is 8.11. The maximum atomic E-state index is 4.32. The van der Waals surface area contributed by atoms with Crippen LogP contribution in [0, 0.1) is 5.92 Å². The monoisotopic (exact) mass is 282 g/mol. The second kappa shape index (κ2) is 5.60. The van der Waals surface area contributed by atoms with Crippen molar-refractivity contribution in [2.75, 3.05) is 6.54 Å². The van der Waals surface area contributed by atoms with Crippen LogP contribution in [0.5, 0.6) is 0 Å². The Morgan fingerprint density at radius 2 is 1.95 bits per heavy atom. The predicted molar refractivity (Wildman–Crippen MR) is 82.5 cm³/mol. The van der Waals surface area contributed by atoms with E-state index in [1.807, 2.05) is 16.9 Å². The molecule has 1 aromatic carbocycles. The van der Waals surface area contributed by atoms with Gasteiger partial charge in [0, 0.05) is 12.0 Å². The molecule has 0 bridgehead atoms. The number of aromatic nitrogens is 3. The summed E-state index contributed by atoms with van der Waals surface area (Å²) < 4.78 is 2.03. The minimum Gasteiger partial charge on any atom is -0.314 e. The molecular weight excluding hydrogens is 260 g/mol. The molecule has 2 aliphatic rings. The van der Waals surface area contributed by atoms with Gasteiger partial charge in [0.15, 0.2) is 0 Å². The van der Waals surface area contributed by atoms with Gasteiger partial charge in [0.25, 0.3) is 0 Å². The SMILES string of the molecule is c1ccc(-n2nncc2C2CCCC2CNC2CC2)cc1. The number of rotatable bonds is 5. The van der Waals surface area contributed by atoms with Gasteiger partial charge in [-0.2, -0.15) is 0 Å². The zero-order valence-corrected chi connectivity index (χ0v) is 12.3. The van der Waals surface area contributed by atoms with Crippen molar-refractivity contribution in [1.29, 1.82) is 0 Å². The molecule has 2 atom stereocenters. The first kappa shape index (κ1) is 13.0. The lowest BCUT2D eigenvalue weighted by atomic mass is 9.93. The third-order valence-corrected chi connectivity index (χ3v) is 4.86. The molecule has 4 rings (SSSR count). The fourth-order valence-electron chi connectivity index (χ4n) is 3.54. The molecule has 21 heavy (non-hydrogen) atoms. The molecular formula is C17H22N4. The maximum Gasteiger partial charge on any atom is 0.0732 e. The predicted octanol–water partition coefficient (Wildman–Crippen LogP) is 2.90. The zero-order chi connectivity index (χ0) is 14.1. The van der Waals surface area contributed by atoms with Crippen LogP contribution in [0.3, 0.4) is 0 Å². The summed E-state index contributed by atoms with van der Waals surface area (Å²) in [6, 6.07) is 11.2. The summed E-state index contributed by atoms with van der Waals surface area (Å²) in [5.74, 6) is 1.32. The highest BCUT2D eigenvalue weighted by Gasteiger charge is 2.33. The lowest BCUT2D eigenvalue weighted by Crippen LogP contribution is -2.27. The fourth-order valence-corrected chi connectivity index (χ4v) is 3.54. The van der Waals surface area contributed by atoms with E-state index in [9.17, 15) is 0 Å². The van der Waals surface area contributed by atoms with Crippen LogP contribution in [0.2, 0.25) is 0 Å². The topological polar surface area (TPSA) is 42.7 Å². The minimum absolute atomic E-state index is 0.589. The normalized spacial score (nSPS) is 25.3. The van der Waals surface area contributed by atoms with E-state index in [1.165, 1.54) is 37.8 Å². The molecule has 0 saturated heterocycles. The highest BCUT2D eigenvalue weighted by Crippen LogP contribution is 2.39. The number of nitrogens with one attached hydrogen (secondary N) is 1. The van der Waals surface area contributed by atoms with Crippen LogP contribution in [-0.4, -0.2) is 27.6 Å². The van der Waals surface area contributed by atoms with E-state index in [1.54, 1.807) is 0 Å². The summed E-state index contributed by atoms with van der Waals surface area (Å²) in [7, 11) is 0. The van der Waals surface area contributed by atoms with E-state index in [0.717, 1.165) is 24.2 Å². The molecule has 1 heterocycles. The second-order valence-electron chi connectivity index (χ2n) is 6.39. The Morgan fingerprint density at radius 3 is 2.76 bits per heavy atom. The van der Waals surface area contributed by atoms with Gasteiger partial charge in [-0.3, -0.25) is 0 Å². The van der Waals surface area contributed by atoms with Gasteiger partial charge in [-0.1, -0.05) is 29.8 Å². The average Bonchev–Trinajstić information content (AvgIpc) is 3.04. The lowest BCUT2D eigenvalue weighted by Gasteiger charge is -2.20. The van der Waals surface area contributed by atoms with Crippen LogP contribution < -0.4 is 5.32 Å². The van der Waals surface area contributed by atoms with Gasteiger partial charge in [0.1, 0.15) is 0 Å². The maximum absolute atomic E-state index is 4.32. The molecule has 0 amide bonds. The van der Waals surface area contributed by atoms with Crippen LogP contribution in [0.15, 0.2) is 36.5 Å². The molecule has 0 aliphatic heterocycles. The van der Waals surface area contributed by atoms with Crippen molar-refractivity contribution in [3.63, 3.8) is 0 Å². The summed E-state index contributed by atoms with van der Waals surface area (Å²) in [6.07, 6.45) is 8.60. The van der Waals surface area contributed by atoms with Crippen LogP contribution in [0.4, 0.5) is 0 Å². The zero-order valence-electron chi connectivity index (χ0n) is 12.3. The highest BCUT2D eigenvalue weighted by molar-refractivity contribution is 5.32. The Hall–Kier alpha value is -1.68. The van der Waals surface area contributed by atoms with Crippen LogP contribution in [0.1, 0.15) is 43.7 Å². The summed E-state index contributed by atoms with van der Waals surface area (Å²) in [5, 5.41) is 12.2. The number of hydrogen-bond acceptors (Lipinski definition) is 3. The standard InChI is InChI=1S/C17H22N4/c1-2-6-15(7-3-1)21-17(12-19-20-21)16-8-4-5-13(16)11-18-14-9-10-14/h1-3,6-7,12-14,16,18H,4-5,8-11H2. The third-order valence-electron chi connectivity index (χ3n) is 4.86. The van der Waals surface area contributed by atoms with Gasteiger partial charge >= 0.3 is 0 Å². The van der Waals surface area contributed by atoms with Gasteiger partial charge in [0.2, 0.25) is 0 Å². The van der Waals surface area contributed by atoms with Crippen molar-refractivity contribution in [2.45, 2.75) is 44.1 Å². The molecule has 2 aromatic rings. The Bertz CT molecular complexity index is 588. The molecule has 2 fully saturated rings. The van der Waals surface area contributed by atoms with Crippen molar-refractivity contribution in [1.82, 2.24) is 20.3 Å². The first-order valence-corrected chi connectivity index (χ1v) is 8.11. The van der Waals surface area contributed by atoms with E-state index in [0.29, 0.717) is 5.92 Å². The van der Waals surface area contributed by atoms with Crippen molar-refractivity contribution < 1.29 is 0 Å². The highest BCUT2D eigenvalue weighted by atomic mass is 15.4. The molecule has 4 heteroatoms. The molecule has 2 aliphatic carbocycles. The van der Waals surface area contributed by atoms with E-state index < -0.39 is 0 Å². The lowest BCUT2D eigenvalue weighted by molar-refractivity contribution is 0.431. The molecule has 2 unspecified atom stereocenters. The van der Waals surface area contributed by atoms with Crippen molar-refractivity contribution in [3.8, 4) is 5.69 Å². The molecule has 0 radical (unpaired) electrons. The third kappa shape index (κ3) is 2.72. The molecule has 2 saturated carbocycles. The van der Waals surface area contributed by atoms with Gasteiger partial charge in [-0.05, 0) is 50.3 Å². The van der Waals surface area contributed by atoms with Crippen molar-refractivity contribution in [3.05, 3.63) is 42.2 Å². The van der Waals surface area contributed by atoms with Crippen molar-refractivity contribution in [2.24, 2.45) is 5.92 Å². The summed E-state index contributed by atoms with van der Waals surface area (Å²) in [6.45, 7) is 1.15. The summed E-state index contributed by atoms with van der Waals surface area (Å²) in [4.78, 5) is 0. The van der Waals surface area contributed by atoms with Gasteiger partial charge < -0.3 is 5.32 Å². The van der Waals surface area contributed by atoms with Crippen LogP contribution >= 0.6 is 0 Å². The van der Waals surface area contributed by atoms with Crippen LogP contribution in [-0.2, 0) is 0 Å².